The molecule has 75 heavy (non-hydrogen) atoms. The van der Waals surface area contributed by atoms with Crippen LogP contribution >= 0.6 is 0 Å². The van der Waals surface area contributed by atoms with Gasteiger partial charge in [0.2, 0.25) is 0 Å². The number of nitrogens with one attached hydrogen (secondary N) is 2. The molecular weight excluding hydrogens is 981 g/mol. The Labute approximate surface area is 450 Å². The van der Waals surface area contributed by atoms with Crippen LogP contribution in [0.3, 0.4) is 0 Å². The minimum Gasteiger partial charge on any atom is -0.541 e. The third-order valence-electron chi connectivity index (χ3n) is 16.4. The Morgan fingerprint density at radius 3 is 1.95 bits per heavy atom. The molecule has 1 aliphatic carbocycles. The molecule has 4 aromatic carbocycles. The van der Waals surface area contributed by atoms with Crippen LogP contribution in [0, 0.1) is 20.4 Å². The number of hydrogen-bond acceptors (Lipinski definition) is 12. The third-order valence-corrected chi connectivity index (χ3v) is 26.1. The number of alkyl carbamates (subject to hydrolysis) is 1. The third kappa shape index (κ3) is 13.3. The molecule has 14 nitrogen and oxygen atoms in total. The maximum atomic E-state index is 14.4. The van der Waals surface area contributed by atoms with E-state index >= 15 is 0 Å². The second kappa shape index (κ2) is 25.2. The first-order chi connectivity index (χ1) is 35.5. The first kappa shape index (κ1) is 59.0. The van der Waals surface area contributed by atoms with E-state index in [9.17, 15) is 9.90 Å². The van der Waals surface area contributed by atoms with Crippen molar-refractivity contribution in [1.82, 2.24) is 15.5 Å². The summed E-state index contributed by atoms with van der Waals surface area (Å²) < 4.78 is 50.0. The van der Waals surface area contributed by atoms with Crippen LogP contribution in [0.25, 0.3) is 16.0 Å². The van der Waals surface area contributed by atoms with Gasteiger partial charge in [-0.05, 0) is 96.8 Å². The van der Waals surface area contributed by atoms with Crippen LogP contribution in [-0.2, 0) is 26.7 Å². The Kier molecular flexibility index (Phi) is 19.8. The maximum Gasteiger partial charge on any atom is 0.407 e. The molecule has 4 aromatic rings. The molecule has 0 spiro atoms. The zero-order valence-electron chi connectivity index (χ0n) is 47.7. The summed E-state index contributed by atoms with van der Waals surface area (Å²) in [5, 5.41) is 18.2. The lowest BCUT2D eigenvalue weighted by Crippen LogP contribution is -2.57. The van der Waals surface area contributed by atoms with E-state index in [-0.39, 0.29) is 36.0 Å². The van der Waals surface area contributed by atoms with E-state index in [0.29, 0.717) is 96.5 Å². The lowest BCUT2D eigenvalue weighted by Gasteiger charge is -2.38. The van der Waals surface area contributed by atoms with E-state index in [2.05, 4.69) is 113 Å². The molecule has 0 bridgehead atoms. The summed E-state index contributed by atoms with van der Waals surface area (Å²) in [5.41, 5.74) is 8.37. The molecule has 1 saturated heterocycles. The van der Waals surface area contributed by atoms with Crippen LogP contribution in [0.1, 0.15) is 94.2 Å². The summed E-state index contributed by atoms with van der Waals surface area (Å²) in [6.45, 7) is 37.4. The molecule has 0 saturated carbocycles. The van der Waals surface area contributed by atoms with Crippen molar-refractivity contribution in [1.29, 1.82) is 0 Å². The van der Waals surface area contributed by atoms with Gasteiger partial charge in [0.15, 0.2) is 25.6 Å². The molecule has 0 aromatic heterocycles. The van der Waals surface area contributed by atoms with Gasteiger partial charge in [0.25, 0.3) is 14.5 Å². The normalized spacial score (nSPS) is 16.4. The van der Waals surface area contributed by atoms with Crippen molar-refractivity contribution in [2.75, 3.05) is 67.9 Å². The summed E-state index contributed by atoms with van der Waals surface area (Å²) >= 11 is 0. The maximum absolute atomic E-state index is 14.4. The average molecular weight is 1070 g/mol. The number of rotatable bonds is 24. The first-order valence-corrected chi connectivity index (χ1v) is 32.1. The Balaban J connectivity index is 1.36. The minimum absolute atomic E-state index is 0.0267. The number of ether oxygens (including phenoxy) is 6. The Hall–Kier alpha value is -5.29. The Bertz CT molecular complexity index is 2580. The summed E-state index contributed by atoms with van der Waals surface area (Å²) in [7, 11) is 2.03. The fourth-order valence-electron chi connectivity index (χ4n) is 10.6. The number of fused-ring (bicyclic) bond motifs is 3. The number of benzene rings is 4. The largest absolute Gasteiger partial charge is 0.541 e. The topological polar surface area (TPSA) is 143 Å². The van der Waals surface area contributed by atoms with Crippen molar-refractivity contribution < 1.29 is 47.2 Å². The quantitative estimate of drug-likeness (QED) is 0.0454. The summed E-state index contributed by atoms with van der Waals surface area (Å²) in [6, 6.07) is 19.0. The standard InChI is InChI=1S/C59H86N4O10Si2/c1-37(2)75(17,38(3)4)72-28-26-44-35-63(27-29-70-44)57(60-10)50(31-42-32-51(64)55(68-13)39(5)53(42)66-11)61-34-43(30-41-33-52(73-74(15,16)59(7,8)9)56(69-14)40(6)54(41)67-12)62-58(65)71-36-49-47-24-20-18-22-45(47)46-23-19-21-25-48(46)49/h18-25,32-33,37-38,43-44,49-50,57,61,64H,26-31,34-36H2,1-9,11-17H3,(H,62,65)/t43?,44-,50?,57-/m0/s1. The molecule has 16 heteroatoms. The molecule has 2 aliphatic rings. The molecule has 1 aliphatic heterocycles. The minimum atomic E-state index is -2.37. The van der Waals surface area contributed by atoms with Crippen LogP contribution in [0.5, 0.6) is 34.5 Å². The van der Waals surface area contributed by atoms with Crippen LogP contribution in [0.4, 0.5) is 4.79 Å². The van der Waals surface area contributed by atoms with Gasteiger partial charge in [-0.1, -0.05) is 97.0 Å². The van der Waals surface area contributed by atoms with Gasteiger partial charge < -0.3 is 53.0 Å². The number of hydrogen-bond donors (Lipinski definition) is 3. The highest BCUT2D eigenvalue weighted by molar-refractivity contribution is 6.75. The molecule has 2 unspecified atom stereocenters. The fourth-order valence-corrected chi connectivity index (χ4v) is 14.2. The Morgan fingerprint density at radius 1 is 0.840 bits per heavy atom. The summed E-state index contributed by atoms with van der Waals surface area (Å²) in [5.74, 6) is 2.54. The number of morpholine rings is 1. The van der Waals surface area contributed by atoms with E-state index in [1.165, 1.54) is 7.11 Å². The number of phenols is 1. The van der Waals surface area contributed by atoms with E-state index in [4.69, 9.17) is 43.8 Å². The molecule has 410 valence electrons. The van der Waals surface area contributed by atoms with Crippen molar-refractivity contribution in [3.63, 3.8) is 0 Å². The van der Waals surface area contributed by atoms with Gasteiger partial charge in [0.1, 0.15) is 29.9 Å². The number of methoxy groups -OCH3 is 4. The summed E-state index contributed by atoms with van der Waals surface area (Å²) in [6.07, 6.45) is -0.103. The molecule has 1 heterocycles. The van der Waals surface area contributed by atoms with Gasteiger partial charge in [-0.25, -0.2) is 16.3 Å². The van der Waals surface area contributed by atoms with Crippen molar-refractivity contribution in [3.8, 4) is 45.6 Å². The van der Waals surface area contributed by atoms with E-state index in [1.54, 1.807) is 27.4 Å². The number of phenolic OH excluding ortho intramolecular Hbond substituents is 1. The monoisotopic (exact) mass is 1070 g/mol. The Morgan fingerprint density at radius 2 is 1.40 bits per heavy atom. The number of aromatic hydroxyl groups is 1. The SMILES string of the molecule is [C-]#[N+][C@H](C(Cc1cc(O)c(OC)c(C)c1OC)NCC(Cc1cc(O[Si](C)(C)C(C)(C)C)c(OC)c(C)c1OC)NC(=O)OCC1c2ccccc2-c2ccccc21)N1CCO[C@@H](CCO[Si](C)(C(C)C)C(C)C)C1. The van der Waals surface area contributed by atoms with E-state index in [0.717, 1.165) is 33.4 Å². The highest BCUT2D eigenvalue weighted by atomic mass is 28.4. The number of carbonyl (C=O) groups excluding carboxylic acids is 1. The number of nitrogens with zero attached hydrogens (tertiary/aromatic N) is 2. The molecule has 1 amide bonds. The van der Waals surface area contributed by atoms with Gasteiger partial charge in [-0.3, -0.25) is 4.85 Å². The predicted octanol–water partition coefficient (Wildman–Crippen LogP) is 11.8. The van der Waals surface area contributed by atoms with Crippen molar-refractivity contribution in [2.45, 2.75) is 148 Å². The van der Waals surface area contributed by atoms with Crippen LogP contribution in [0.15, 0.2) is 60.7 Å². The molecule has 4 atom stereocenters. The van der Waals surface area contributed by atoms with Gasteiger partial charge in [0.05, 0.1) is 41.2 Å². The average Bonchev–Trinajstić information content (AvgIpc) is 3.68. The van der Waals surface area contributed by atoms with Gasteiger partial charge >= 0.3 is 6.09 Å². The molecule has 6 rings (SSSR count). The van der Waals surface area contributed by atoms with Crippen LogP contribution in [-0.4, -0.2) is 125 Å². The lowest BCUT2D eigenvalue weighted by molar-refractivity contribution is -0.0497. The predicted molar refractivity (Wildman–Crippen MR) is 303 cm³/mol. The van der Waals surface area contributed by atoms with Gasteiger partial charge in [0, 0.05) is 66.9 Å². The van der Waals surface area contributed by atoms with Crippen molar-refractivity contribution in [2.24, 2.45) is 0 Å². The second-order valence-electron chi connectivity index (χ2n) is 22.6. The first-order valence-electron chi connectivity index (χ1n) is 26.6. The lowest BCUT2D eigenvalue weighted by atomic mass is 9.97. The number of carbonyl (C=O) groups is 1. The zero-order chi connectivity index (χ0) is 55.0. The molecule has 3 N–H and O–H groups in total. The van der Waals surface area contributed by atoms with Crippen LogP contribution in [0.2, 0.25) is 35.8 Å². The highest BCUT2D eigenvalue weighted by Gasteiger charge is 2.42. The highest BCUT2D eigenvalue weighted by Crippen LogP contribution is 2.47. The smallest absolute Gasteiger partial charge is 0.407 e. The van der Waals surface area contributed by atoms with Crippen LogP contribution < -0.4 is 34.0 Å². The fraction of sp³-hybridized carbons (Fsp3) is 0.559. The molecular formula is C59H86N4O10Si2. The number of amides is 1. The van der Waals surface area contributed by atoms with E-state index < -0.39 is 41.0 Å². The molecule has 1 fully saturated rings. The van der Waals surface area contributed by atoms with Gasteiger partial charge in [-0.15, -0.1) is 0 Å². The second-order valence-corrected chi connectivity index (χ2v) is 32.3. The van der Waals surface area contributed by atoms with Crippen molar-refractivity contribution >= 4 is 22.7 Å². The molecule has 0 radical (unpaired) electrons. The van der Waals surface area contributed by atoms with E-state index in [1.807, 2.05) is 44.2 Å². The zero-order valence-corrected chi connectivity index (χ0v) is 49.7. The summed E-state index contributed by atoms with van der Waals surface area (Å²) in [4.78, 5) is 20.9. The van der Waals surface area contributed by atoms with Crippen molar-refractivity contribution in [3.05, 3.63) is 105 Å². The van der Waals surface area contributed by atoms with Gasteiger partial charge in [-0.2, -0.15) is 0 Å².